The first-order valence-electron chi connectivity index (χ1n) is 9.37. The summed E-state index contributed by atoms with van der Waals surface area (Å²) in [5.41, 5.74) is -0.217. The van der Waals surface area contributed by atoms with E-state index >= 15 is 0 Å². The zero-order chi connectivity index (χ0) is 19.5. The Balaban J connectivity index is 1.60. The number of carbonyl (C=O) groups excluding carboxylic acids is 2. The van der Waals surface area contributed by atoms with E-state index in [-0.39, 0.29) is 18.7 Å². The molecule has 0 radical (unpaired) electrons. The van der Waals surface area contributed by atoms with Gasteiger partial charge in [0.15, 0.2) is 0 Å². The summed E-state index contributed by atoms with van der Waals surface area (Å²) in [6.45, 7) is 7.07. The zero-order valence-corrected chi connectivity index (χ0v) is 16.2. The summed E-state index contributed by atoms with van der Waals surface area (Å²) >= 11 is 0. The van der Waals surface area contributed by atoms with E-state index in [2.05, 4.69) is 5.32 Å². The molecule has 2 fully saturated rings. The molecule has 2 atom stereocenters. The third kappa shape index (κ3) is 4.91. The second kappa shape index (κ2) is 7.76. The smallest absolute Gasteiger partial charge is 0.410 e. The van der Waals surface area contributed by atoms with Gasteiger partial charge in [0.05, 0.1) is 12.6 Å². The number of nitrogens with one attached hydrogen (secondary N) is 1. The molecular formula is C20H28N2O5. The summed E-state index contributed by atoms with van der Waals surface area (Å²) in [6, 6.07) is 9.18. The number of likely N-dealkylation sites (tertiary alicyclic amines) is 1. The van der Waals surface area contributed by atoms with Crippen LogP contribution in [0.2, 0.25) is 0 Å². The molecule has 2 saturated heterocycles. The Bertz CT molecular complexity index is 665. The van der Waals surface area contributed by atoms with Crippen LogP contribution in [0.25, 0.3) is 0 Å². The molecule has 2 heterocycles. The van der Waals surface area contributed by atoms with Crippen LogP contribution in [0.3, 0.4) is 0 Å². The lowest BCUT2D eigenvalue weighted by atomic mass is 9.94. The van der Waals surface area contributed by atoms with E-state index in [0.29, 0.717) is 19.7 Å². The summed E-state index contributed by atoms with van der Waals surface area (Å²) < 4.78 is 16.8. The van der Waals surface area contributed by atoms with Crippen molar-refractivity contribution in [1.82, 2.24) is 10.2 Å². The number of hydrogen-bond donors (Lipinski definition) is 1. The molecule has 7 heteroatoms. The number of ether oxygens (including phenoxy) is 3. The van der Waals surface area contributed by atoms with Crippen LogP contribution in [-0.4, -0.2) is 54.0 Å². The van der Waals surface area contributed by atoms with Crippen molar-refractivity contribution in [2.24, 2.45) is 0 Å². The topological polar surface area (TPSA) is 77.1 Å². The van der Waals surface area contributed by atoms with Crippen molar-refractivity contribution in [2.45, 2.75) is 57.5 Å². The van der Waals surface area contributed by atoms with Gasteiger partial charge in [0.25, 0.3) is 0 Å². The molecule has 7 nitrogen and oxygen atoms in total. The molecule has 1 spiro atoms. The van der Waals surface area contributed by atoms with E-state index in [0.717, 1.165) is 18.4 Å². The molecule has 2 amide bonds. The Morgan fingerprint density at radius 1 is 1.30 bits per heavy atom. The third-order valence-corrected chi connectivity index (χ3v) is 4.79. The minimum Gasteiger partial charge on any atom is -0.445 e. The van der Waals surface area contributed by atoms with Gasteiger partial charge in [-0.2, -0.15) is 0 Å². The van der Waals surface area contributed by atoms with Gasteiger partial charge in [0.2, 0.25) is 0 Å². The van der Waals surface area contributed by atoms with E-state index in [4.69, 9.17) is 14.2 Å². The predicted octanol–water partition coefficient (Wildman–Crippen LogP) is 3.08. The van der Waals surface area contributed by atoms with E-state index in [9.17, 15) is 9.59 Å². The Morgan fingerprint density at radius 3 is 2.67 bits per heavy atom. The monoisotopic (exact) mass is 376 g/mol. The fourth-order valence-corrected chi connectivity index (χ4v) is 3.55. The summed E-state index contributed by atoms with van der Waals surface area (Å²) in [5, 5.41) is 2.89. The number of carbonyl (C=O) groups is 2. The molecule has 1 unspecified atom stereocenters. The van der Waals surface area contributed by atoms with Crippen LogP contribution in [0.4, 0.5) is 9.59 Å². The molecule has 1 N–H and O–H groups in total. The van der Waals surface area contributed by atoms with Gasteiger partial charge < -0.3 is 24.4 Å². The van der Waals surface area contributed by atoms with Crippen molar-refractivity contribution in [3.05, 3.63) is 35.9 Å². The number of rotatable bonds is 3. The first-order chi connectivity index (χ1) is 12.8. The van der Waals surface area contributed by atoms with Crippen LogP contribution in [0.1, 0.15) is 39.2 Å². The molecule has 148 valence electrons. The van der Waals surface area contributed by atoms with E-state index in [1.807, 2.05) is 51.1 Å². The summed E-state index contributed by atoms with van der Waals surface area (Å²) in [6.07, 6.45) is 0.791. The zero-order valence-electron chi connectivity index (χ0n) is 16.2. The Labute approximate surface area is 160 Å². The molecule has 1 aromatic carbocycles. The highest BCUT2D eigenvalue weighted by Gasteiger charge is 2.52. The maximum absolute atomic E-state index is 12.4. The Hall–Kier alpha value is -2.28. The van der Waals surface area contributed by atoms with Crippen molar-refractivity contribution in [1.29, 1.82) is 0 Å². The van der Waals surface area contributed by atoms with E-state index in [1.54, 1.807) is 4.90 Å². The molecule has 0 aliphatic carbocycles. The highest BCUT2D eigenvalue weighted by molar-refractivity contribution is 5.71. The first kappa shape index (κ1) is 19.5. The normalized spacial score (nSPS) is 24.9. The standard InChI is InChI=1S/C20H28N2O5/c1-19(2,3)27-18(24)22-12-16(20(14-22)10-7-11-26-20)21-17(23)25-13-15-8-5-4-6-9-15/h4-6,8-9,16H,7,10-14H2,1-3H3,(H,21,23)/t16-,20?/m0/s1. The molecule has 0 saturated carbocycles. The van der Waals surface area contributed by atoms with Crippen molar-refractivity contribution in [2.75, 3.05) is 19.7 Å². The summed E-state index contributed by atoms with van der Waals surface area (Å²) in [4.78, 5) is 26.4. The fourth-order valence-electron chi connectivity index (χ4n) is 3.55. The first-order valence-corrected chi connectivity index (χ1v) is 9.37. The Kier molecular flexibility index (Phi) is 5.60. The van der Waals surface area contributed by atoms with Gasteiger partial charge in [0.1, 0.15) is 17.8 Å². The summed E-state index contributed by atoms with van der Waals surface area (Å²) in [7, 11) is 0. The van der Waals surface area contributed by atoms with Crippen LogP contribution in [-0.2, 0) is 20.8 Å². The number of hydrogen-bond acceptors (Lipinski definition) is 5. The quantitative estimate of drug-likeness (QED) is 0.877. The van der Waals surface area contributed by atoms with Crippen LogP contribution in [0.15, 0.2) is 30.3 Å². The number of amides is 2. The summed E-state index contributed by atoms with van der Waals surface area (Å²) in [5.74, 6) is 0. The van der Waals surface area contributed by atoms with Gasteiger partial charge in [-0.25, -0.2) is 9.59 Å². The van der Waals surface area contributed by atoms with Crippen molar-refractivity contribution in [3.8, 4) is 0 Å². The average molecular weight is 376 g/mol. The maximum Gasteiger partial charge on any atom is 0.410 e. The average Bonchev–Trinajstić information content (AvgIpc) is 3.21. The van der Waals surface area contributed by atoms with Gasteiger partial charge in [0, 0.05) is 13.2 Å². The molecular weight excluding hydrogens is 348 g/mol. The SMILES string of the molecule is CC(C)(C)OC(=O)N1C[C@H](NC(=O)OCc2ccccc2)C2(CCCO2)C1. The number of benzene rings is 1. The molecule has 1 aromatic rings. The van der Waals surface area contributed by atoms with Crippen LogP contribution >= 0.6 is 0 Å². The molecule has 2 aliphatic heterocycles. The van der Waals surface area contributed by atoms with Gasteiger partial charge in [-0.3, -0.25) is 0 Å². The lowest BCUT2D eigenvalue weighted by Gasteiger charge is -2.29. The molecule has 27 heavy (non-hydrogen) atoms. The van der Waals surface area contributed by atoms with Crippen LogP contribution in [0, 0.1) is 0 Å². The lowest BCUT2D eigenvalue weighted by Crippen LogP contribution is -2.51. The highest BCUT2D eigenvalue weighted by atomic mass is 16.6. The minimum absolute atomic E-state index is 0.197. The van der Waals surface area contributed by atoms with Gasteiger partial charge in [-0.15, -0.1) is 0 Å². The number of nitrogens with zero attached hydrogens (tertiary/aromatic N) is 1. The molecule has 0 bridgehead atoms. The third-order valence-electron chi connectivity index (χ3n) is 4.79. The van der Waals surface area contributed by atoms with E-state index in [1.165, 1.54) is 0 Å². The highest BCUT2D eigenvalue weighted by Crippen LogP contribution is 2.36. The molecule has 2 aliphatic rings. The van der Waals surface area contributed by atoms with Crippen molar-refractivity contribution >= 4 is 12.2 Å². The second-order valence-electron chi connectivity index (χ2n) is 8.14. The van der Waals surface area contributed by atoms with Crippen LogP contribution < -0.4 is 5.32 Å². The minimum atomic E-state index is -0.569. The predicted molar refractivity (Wildman–Crippen MR) is 99.3 cm³/mol. The molecule has 3 rings (SSSR count). The van der Waals surface area contributed by atoms with Crippen LogP contribution in [0.5, 0.6) is 0 Å². The van der Waals surface area contributed by atoms with Gasteiger partial charge in [-0.05, 0) is 39.2 Å². The second-order valence-corrected chi connectivity index (χ2v) is 8.14. The Morgan fingerprint density at radius 2 is 2.04 bits per heavy atom. The number of alkyl carbamates (subject to hydrolysis) is 1. The largest absolute Gasteiger partial charge is 0.445 e. The van der Waals surface area contributed by atoms with Gasteiger partial charge in [-0.1, -0.05) is 30.3 Å². The van der Waals surface area contributed by atoms with Crippen molar-refractivity contribution < 1.29 is 23.8 Å². The van der Waals surface area contributed by atoms with Crippen molar-refractivity contribution in [3.63, 3.8) is 0 Å². The lowest BCUT2D eigenvalue weighted by molar-refractivity contribution is -0.0109. The molecule has 0 aromatic heterocycles. The fraction of sp³-hybridized carbons (Fsp3) is 0.600. The van der Waals surface area contributed by atoms with Gasteiger partial charge >= 0.3 is 12.2 Å². The maximum atomic E-state index is 12.4. The van der Waals surface area contributed by atoms with E-state index < -0.39 is 17.3 Å².